The largest absolute Gasteiger partial charge is 0.351 e. The zero-order chi connectivity index (χ0) is 20.9. The summed E-state index contributed by atoms with van der Waals surface area (Å²) in [5, 5.41) is 6.36. The van der Waals surface area contributed by atoms with Crippen LogP contribution in [0.4, 0.5) is 5.69 Å². The highest BCUT2D eigenvalue weighted by Crippen LogP contribution is 2.38. The van der Waals surface area contributed by atoms with E-state index in [-0.39, 0.29) is 17.9 Å². The number of nitrogens with zero attached hydrogens (tertiary/aromatic N) is 2. The third-order valence-corrected chi connectivity index (χ3v) is 7.59. The Bertz CT molecular complexity index is 1120. The van der Waals surface area contributed by atoms with E-state index < -0.39 is 5.54 Å². The van der Waals surface area contributed by atoms with Crippen LogP contribution in [0.3, 0.4) is 0 Å². The second-order valence-electron chi connectivity index (χ2n) is 8.69. The number of aromatic nitrogens is 1. The van der Waals surface area contributed by atoms with Crippen LogP contribution in [0.25, 0.3) is 10.2 Å². The molecule has 0 radical (unpaired) electrons. The molecular weight excluding hydrogens is 394 g/mol. The number of aryl methyl sites for hydroxylation is 1. The van der Waals surface area contributed by atoms with Crippen LogP contribution in [-0.4, -0.2) is 28.0 Å². The number of carbonyl (C=O) groups excluding carboxylic acids is 2. The molecule has 2 aliphatic rings. The van der Waals surface area contributed by atoms with E-state index in [1.54, 1.807) is 16.2 Å². The van der Waals surface area contributed by atoms with Gasteiger partial charge in [-0.05, 0) is 61.4 Å². The highest BCUT2D eigenvalue weighted by Gasteiger charge is 2.49. The molecule has 1 N–H and O–H groups in total. The molecule has 5 nitrogen and oxygen atoms in total. The maximum absolute atomic E-state index is 13.8. The van der Waals surface area contributed by atoms with Crippen LogP contribution in [0, 0.1) is 0 Å². The maximum Gasteiger partial charge on any atom is 0.275 e. The third kappa shape index (κ3) is 2.97. The molecule has 1 saturated carbocycles. The number of hydrogen-bond acceptors (Lipinski definition) is 3. The fourth-order valence-corrected chi connectivity index (χ4v) is 5.83. The summed E-state index contributed by atoms with van der Waals surface area (Å²) in [5.41, 5.74) is 1.61. The molecule has 2 amide bonds. The lowest BCUT2D eigenvalue weighted by molar-refractivity contribution is -0.127. The minimum absolute atomic E-state index is 0.0614. The standard InChI is InChI=1S/C24H27N3O2S/c1-3-16-7-6-10-19(13-16)27-21(28)20-14-17-11-12-30-22(17)26(20)15-24(27,2)23(29)25-18-8-4-5-9-18/h6-7,10-14,18H,3-5,8-9,15H2,1-2H3,(H,25,29)/t24-/m0/s1. The average Bonchev–Trinajstić information content (AvgIpc) is 3.47. The molecule has 30 heavy (non-hydrogen) atoms. The van der Waals surface area contributed by atoms with Gasteiger partial charge in [0.25, 0.3) is 5.91 Å². The highest BCUT2D eigenvalue weighted by atomic mass is 32.1. The Morgan fingerprint density at radius 2 is 2.03 bits per heavy atom. The summed E-state index contributed by atoms with van der Waals surface area (Å²) in [6.07, 6.45) is 5.23. The molecule has 3 heterocycles. The predicted molar refractivity (Wildman–Crippen MR) is 121 cm³/mol. The lowest BCUT2D eigenvalue weighted by Crippen LogP contribution is -2.65. The molecular formula is C24H27N3O2S. The lowest BCUT2D eigenvalue weighted by Gasteiger charge is -2.44. The SMILES string of the molecule is CCc1cccc(N2C(=O)c3cc4ccsc4n3C[C@@]2(C)C(=O)NC2CCCC2)c1. The van der Waals surface area contributed by atoms with Gasteiger partial charge in [-0.1, -0.05) is 31.9 Å². The van der Waals surface area contributed by atoms with Crippen molar-refractivity contribution in [1.82, 2.24) is 9.88 Å². The van der Waals surface area contributed by atoms with Crippen LogP contribution in [0.15, 0.2) is 41.8 Å². The van der Waals surface area contributed by atoms with E-state index in [2.05, 4.69) is 18.3 Å². The van der Waals surface area contributed by atoms with Gasteiger partial charge in [0, 0.05) is 17.1 Å². The Labute approximate surface area is 180 Å². The number of benzene rings is 1. The van der Waals surface area contributed by atoms with E-state index in [1.165, 1.54) is 0 Å². The summed E-state index contributed by atoms with van der Waals surface area (Å²) in [6, 6.07) is 12.2. The number of amides is 2. The monoisotopic (exact) mass is 421 g/mol. The summed E-state index contributed by atoms with van der Waals surface area (Å²) >= 11 is 1.62. The van der Waals surface area contributed by atoms with Gasteiger partial charge in [-0.2, -0.15) is 0 Å². The van der Waals surface area contributed by atoms with E-state index in [0.717, 1.165) is 53.6 Å². The predicted octanol–water partition coefficient (Wildman–Crippen LogP) is 4.74. The van der Waals surface area contributed by atoms with Crippen molar-refractivity contribution in [3.8, 4) is 0 Å². The number of nitrogens with one attached hydrogen (secondary N) is 1. The summed E-state index contributed by atoms with van der Waals surface area (Å²) < 4.78 is 2.04. The van der Waals surface area contributed by atoms with E-state index in [0.29, 0.717) is 12.2 Å². The molecule has 1 aliphatic heterocycles. The molecule has 0 unspecified atom stereocenters. The van der Waals surface area contributed by atoms with Crippen molar-refractivity contribution in [3.05, 3.63) is 53.0 Å². The first kappa shape index (κ1) is 19.4. The summed E-state index contributed by atoms with van der Waals surface area (Å²) in [4.78, 5) is 30.2. The molecule has 0 saturated heterocycles. The molecule has 156 valence electrons. The topological polar surface area (TPSA) is 54.3 Å². The third-order valence-electron chi connectivity index (χ3n) is 6.64. The van der Waals surface area contributed by atoms with E-state index >= 15 is 0 Å². The Hall–Kier alpha value is -2.60. The minimum Gasteiger partial charge on any atom is -0.351 e. The van der Waals surface area contributed by atoms with Gasteiger partial charge in [0.1, 0.15) is 16.1 Å². The number of carbonyl (C=O) groups is 2. The Morgan fingerprint density at radius 1 is 1.23 bits per heavy atom. The van der Waals surface area contributed by atoms with Gasteiger partial charge in [-0.3, -0.25) is 14.5 Å². The van der Waals surface area contributed by atoms with Gasteiger partial charge in [0.05, 0.1) is 6.54 Å². The number of thiophene rings is 1. The van der Waals surface area contributed by atoms with Crippen LogP contribution < -0.4 is 10.2 Å². The Kier molecular flexibility index (Phi) is 4.69. The highest BCUT2D eigenvalue weighted by molar-refractivity contribution is 7.16. The smallest absolute Gasteiger partial charge is 0.275 e. The fourth-order valence-electron chi connectivity index (χ4n) is 4.93. The Balaban J connectivity index is 1.63. The molecule has 1 aliphatic carbocycles. The van der Waals surface area contributed by atoms with Crippen molar-refractivity contribution < 1.29 is 9.59 Å². The molecule has 0 spiro atoms. The maximum atomic E-state index is 13.8. The van der Waals surface area contributed by atoms with Crippen LogP contribution in [-0.2, 0) is 17.8 Å². The van der Waals surface area contributed by atoms with Gasteiger partial charge in [-0.25, -0.2) is 0 Å². The molecule has 6 heteroatoms. The number of fused-ring (bicyclic) bond motifs is 3. The molecule has 3 aromatic rings. The number of rotatable bonds is 4. The second-order valence-corrected chi connectivity index (χ2v) is 9.58. The summed E-state index contributed by atoms with van der Waals surface area (Å²) in [5.74, 6) is -0.171. The van der Waals surface area contributed by atoms with Crippen molar-refractivity contribution in [2.24, 2.45) is 0 Å². The van der Waals surface area contributed by atoms with Crippen molar-refractivity contribution in [1.29, 1.82) is 0 Å². The van der Waals surface area contributed by atoms with Crippen LogP contribution in [0.2, 0.25) is 0 Å². The Morgan fingerprint density at radius 3 is 2.80 bits per heavy atom. The first-order chi connectivity index (χ1) is 14.5. The lowest BCUT2D eigenvalue weighted by atomic mass is 9.93. The summed E-state index contributed by atoms with van der Waals surface area (Å²) in [7, 11) is 0. The quantitative estimate of drug-likeness (QED) is 0.661. The zero-order valence-electron chi connectivity index (χ0n) is 17.5. The van der Waals surface area contributed by atoms with Crippen molar-refractivity contribution in [3.63, 3.8) is 0 Å². The van der Waals surface area contributed by atoms with Crippen molar-refractivity contribution in [2.75, 3.05) is 4.90 Å². The summed E-state index contributed by atoms with van der Waals surface area (Å²) in [6.45, 7) is 4.46. The van der Waals surface area contributed by atoms with Crippen molar-refractivity contribution in [2.45, 2.75) is 64.1 Å². The van der Waals surface area contributed by atoms with Gasteiger partial charge >= 0.3 is 0 Å². The number of anilines is 1. The van der Waals surface area contributed by atoms with Gasteiger partial charge in [-0.15, -0.1) is 11.3 Å². The van der Waals surface area contributed by atoms with Crippen molar-refractivity contribution >= 4 is 39.1 Å². The second kappa shape index (κ2) is 7.27. The number of hydrogen-bond donors (Lipinski definition) is 1. The van der Waals surface area contributed by atoms with Gasteiger partial charge in [0.15, 0.2) is 0 Å². The first-order valence-corrected chi connectivity index (χ1v) is 11.7. The average molecular weight is 422 g/mol. The molecule has 1 fully saturated rings. The first-order valence-electron chi connectivity index (χ1n) is 10.8. The molecule has 1 aromatic carbocycles. The fraction of sp³-hybridized carbons (Fsp3) is 0.417. The molecule has 2 aromatic heterocycles. The van der Waals surface area contributed by atoms with Gasteiger partial charge in [0.2, 0.25) is 5.91 Å². The van der Waals surface area contributed by atoms with E-state index in [9.17, 15) is 9.59 Å². The molecule has 1 atom stereocenters. The van der Waals surface area contributed by atoms with E-state index in [1.807, 2.05) is 47.2 Å². The van der Waals surface area contributed by atoms with Crippen LogP contribution >= 0.6 is 11.3 Å². The minimum atomic E-state index is -0.991. The van der Waals surface area contributed by atoms with E-state index in [4.69, 9.17) is 0 Å². The zero-order valence-corrected chi connectivity index (χ0v) is 18.3. The van der Waals surface area contributed by atoms with Crippen LogP contribution in [0.1, 0.15) is 55.6 Å². The van der Waals surface area contributed by atoms with Crippen LogP contribution in [0.5, 0.6) is 0 Å². The normalized spacial score (nSPS) is 21.9. The van der Waals surface area contributed by atoms with Gasteiger partial charge < -0.3 is 9.88 Å². The molecule has 0 bridgehead atoms. The molecule has 5 rings (SSSR count).